The van der Waals surface area contributed by atoms with Crippen molar-refractivity contribution in [2.24, 2.45) is 0 Å². The normalized spacial score (nSPS) is 10.9. The third-order valence-corrected chi connectivity index (χ3v) is 3.19. The average Bonchev–Trinajstić information content (AvgIpc) is 2.51. The minimum atomic E-state index is -0.287. The van der Waals surface area contributed by atoms with Crippen molar-refractivity contribution < 1.29 is 4.39 Å². The number of nitrogens with two attached hydrogens (primary N) is 1. The highest BCUT2D eigenvalue weighted by molar-refractivity contribution is 5.60. The molecule has 0 bridgehead atoms. The first-order valence-electron chi connectivity index (χ1n) is 5.50. The van der Waals surface area contributed by atoms with Crippen LogP contribution in [0, 0.1) is 33.5 Å². The molecule has 4 heteroatoms. The van der Waals surface area contributed by atoms with Crippen LogP contribution in [0.5, 0.6) is 0 Å². The molecule has 1 heterocycles. The Hall–Kier alpha value is -1.84. The first-order chi connectivity index (χ1) is 7.91. The maximum absolute atomic E-state index is 13.4. The average molecular weight is 233 g/mol. The van der Waals surface area contributed by atoms with Crippen molar-refractivity contribution in [3.8, 4) is 5.69 Å². The lowest BCUT2D eigenvalue weighted by atomic mass is 10.1. The van der Waals surface area contributed by atoms with E-state index < -0.39 is 0 Å². The van der Waals surface area contributed by atoms with Gasteiger partial charge in [0.2, 0.25) is 0 Å². The Labute approximate surface area is 100 Å². The summed E-state index contributed by atoms with van der Waals surface area (Å²) < 4.78 is 15.1. The van der Waals surface area contributed by atoms with Gasteiger partial charge in [-0.3, -0.25) is 0 Å². The van der Waals surface area contributed by atoms with Gasteiger partial charge >= 0.3 is 0 Å². The summed E-state index contributed by atoms with van der Waals surface area (Å²) in [6.07, 6.45) is 0. The molecular formula is C13H16FN3. The van der Waals surface area contributed by atoms with Gasteiger partial charge in [-0.05, 0) is 51.0 Å². The van der Waals surface area contributed by atoms with Gasteiger partial charge in [0.05, 0.1) is 17.1 Å². The van der Waals surface area contributed by atoms with E-state index in [2.05, 4.69) is 5.10 Å². The Kier molecular flexibility index (Phi) is 2.65. The number of halogens is 1. The van der Waals surface area contributed by atoms with Gasteiger partial charge in [0.15, 0.2) is 0 Å². The second-order valence-corrected chi connectivity index (χ2v) is 4.37. The van der Waals surface area contributed by atoms with Crippen LogP contribution in [0.3, 0.4) is 0 Å². The molecule has 3 nitrogen and oxygen atoms in total. The fourth-order valence-corrected chi connectivity index (χ4v) is 1.82. The van der Waals surface area contributed by atoms with Crippen molar-refractivity contribution in [2.75, 3.05) is 5.73 Å². The second kappa shape index (κ2) is 3.87. The van der Waals surface area contributed by atoms with Crippen molar-refractivity contribution in [3.05, 3.63) is 40.5 Å². The summed E-state index contributed by atoms with van der Waals surface area (Å²) in [5, 5.41) is 4.43. The number of aryl methyl sites for hydroxylation is 2. The lowest BCUT2D eigenvalue weighted by Crippen LogP contribution is -2.05. The molecule has 0 aliphatic heterocycles. The molecule has 90 valence electrons. The minimum absolute atomic E-state index is 0.287. The van der Waals surface area contributed by atoms with Crippen LogP contribution in [0.25, 0.3) is 5.69 Å². The van der Waals surface area contributed by atoms with Crippen LogP contribution in [-0.2, 0) is 0 Å². The van der Waals surface area contributed by atoms with Crippen LogP contribution in [-0.4, -0.2) is 9.78 Å². The Balaban J connectivity index is 2.68. The van der Waals surface area contributed by atoms with E-state index in [-0.39, 0.29) is 5.82 Å². The van der Waals surface area contributed by atoms with Gasteiger partial charge in [-0.2, -0.15) is 5.10 Å². The number of hydrogen-bond donors (Lipinski definition) is 1. The number of nitrogens with zero attached hydrogens (tertiary/aromatic N) is 2. The molecule has 2 aromatic rings. The van der Waals surface area contributed by atoms with Crippen LogP contribution in [0.4, 0.5) is 10.1 Å². The predicted octanol–water partition coefficient (Wildman–Crippen LogP) is 2.83. The van der Waals surface area contributed by atoms with E-state index in [0.717, 1.165) is 22.6 Å². The largest absolute Gasteiger partial charge is 0.397 e. The fourth-order valence-electron chi connectivity index (χ4n) is 1.82. The highest BCUT2D eigenvalue weighted by Gasteiger charge is 2.12. The molecule has 2 rings (SSSR count). The van der Waals surface area contributed by atoms with E-state index in [4.69, 9.17) is 5.73 Å². The monoisotopic (exact) mass is 233 g/mol. The molecule has 0 fully saturated rings. The van der Waals surface area contributed by atoms with Crippen LogP contribution < -0.4 is 5.73 Å². The molecule has 1 aromatic carbocycles. The van der Waals surface area contributed by atoms with Gasteiger partial charge in [-0.15, -0.1) is 0 Å². The van der Waals surface area contributed by atoms with Crippen LogP contribution in [0.2, 0.25) is 0 Å². The highest BCUT2D eigenvalue weighted by atomic mass is 19.1. The SMILES string of the molecule is Cc1cc(-n2nc(C)c(C)c2C)c(N)cc1F. The quantitative estimate of drug-likeness (QED) is 0.770. The van der Waals surface area contributed by atoms with E-state index in [1.807, 2.05) is 20.8 Å². The Bertz CT molecular complexity index is 585. The molecule has 0 saturated heterocycles. The smallest absolute Gasteiger partial charge is 0.128 e. The van der Waals surface area contributed by atoms with Crippen LogP contribution in [0.1, 0.15) is 22.5 Å². The lowest BCUT2D eigenvalue weighted by Gasteiger charge is -2.10. The molecule has 0 radical (unpaired) electrons. The topological polar surface area (TPSA) is 43.8 Å². The molecule has 17 heavy (non-hydrogen) atoms. The molecule has 0 saturated carbocycles. The molecule has 1 aromatic heterocycles. The molecule has 0 aliphatic rings. The Morgan fingerprint density at radius 1 is 1.18 bits per heavy atom. The van der Waals surface area contributed by atoms with E-state index in [1.165, 1.54) is 6.07 Å². The van der Waals surface area contributed by atoms with Crippen molar-refractivity contribution in [1.29, 1.82) is 0 Å². The summed E-state index contributed by atoms with van der Waals surface area (Å²) in [7, 11) is 0. The molecule has 0 spiro atoms. The number of benzene rings is 1. The van der Waals surface area contributed by atoms with Crippen molar-refractivity contribution in [3.63, 3.8) is 0 Å². The molecule has 2 N–H and O–H groups in total. The summed E-state index contributed by atoms with van der Waals surface area (Å²) in [5.74, 6) is -0.287. The van der Waals surface area contributed by atoms with Gasteiger partial charge in [0.1, 0.15) is 5.82 Å². The third-order valence-electron chi connectivity index (χ3n) is 3.19. The van der Waals surface area contributed by atoms with E-state index in [9.17, 15) is 4.39 Å². The zero-order chi connectivity index (χ0) is 12.7. The lowest BCUT2D eigenvalue weighted by molar-refractivity contribution is 0.618. The Morgan fingerprint density at radius 2 is 1.82 bits per heavy atom. The van der Waals surface area contributed by atoms with Gasteiger partial charge in [0, 0.05) is 5.69 Å². The van der Waals surface area contributed by atoms with Gasteiger partial charge < -0.3 is 5.73 Å². The summed E-state index contributed by atoms with van der Waals surface area (Å²) in [5.41, 5.74) is 10.7. The number of aromatic nitrogens is 2. The summed E-state index contributed by atoms with van der Waals surface area (Å²) >= 11 is 0. The maximum Gasteiger partial charge on any atom is 0.128 e. The van der Waals surface area contributed by atoms with Gasteiger partial charge in [-0.25, -0.2) is 9.07 Å². The summed E-state index contributed by atoms with van der Waals surface area (Å²) in [6, 6.07) is 3.07. The summed E-state index contributed by atoms with van der Waals surface area (Å²) in [4.78, 5) is 0. The number of nitrogen functional groups attached to an aromatic ring is 1. The number of rotatable bonds is 1. The van der Waals surface area contributed by atoms with Crippen molar-refractivity contribution >= 4 is 5.69 Å². The molecular weight excluding hydrogens is 217 g/mol. The first-order valence-corrected chi connectivity index (χ1v) is 5.50. The highest BCUT2D eigenvalue weighted by Crippen LogP contribution is 2.24. The van der Waals surface area contributed by atoms with Crippen LogP contribution >= 0.6 is 0 Å². The number of hydrogen-bond acceptors (Lipinski definition) is 2. The van der Waals surface area contributed by atoms with Crippen molar-refractivity contribution in [2.45, 2.75) is 27.7 Å². The zero-order valence-corrected chi connectivity index (χ0v) is 10.5. The molecule has 0 atom stereocenters. The van der Waals surface area contributed by atoms with Gasteiger partial charge in [-0.1, -0.05) is 0 Å². The zero-order valence-electron chi connectivity index (χ0n) is 10.5. The van der Waals surface area contributed by atoms with Gasteiger partial charge in [0.25, 0.3) is 0 Å². The Morgan fingerprint density at radius 3 is 2.35 bits per heavy atom. The third kappa shape index (κ3) is 1.79. The fraction of sp³-hybridized carbons (Fsp3) is 0.308. The minimum Gasteiger partial charge on any atom is -0.397 e. The molecule has 0 unspecified atom stereocenters. The standard InChI is InChI=1S/C13H16FN3/c1-7-5-13(12(15)6-11(7)14)17-10(4)8(2)9(3)16-17/h5-6H,15H2,1-4H3. The predicted molar refractivity (Wildman–Crippen MR) is 66.9 cm³/mol. The summed E-state index contributed by atoms with van der Waals surface area (Å²) in [6.45, 7) is 7.66. The van der Waals surface area contributed by atoms with Crippen molar-refractivity contribution in [1.82, 2.24) is 9.78 Å². The maximum atomic E-state index is 13.4. The number of anilines is 1. The first kappa shape index (κ1) is 11.6. The second-order valence-electron chi connectivity index (χ2n) is 4.37. The molecule has 0 amide bonds. The van der Waals surface area contributed by atoms with E-state index in [1.54, 1.807) is 17.7 Å². The molecule has 0 aliphatic carbocycles. The van der Waals surface area contributed by atoms with E-state index in [0.29, 0.717) is 11.3 Å². The van der Waals surface area contributed by atoms with Crippen LogP contribution in [0.15, 0.2) is 12.1 Å². The van der Waals surface area contributed by atoms with E-state index >= 15 is 0 Å².